The number of rotatable bonds is 12. The largest absolute Gasteiger partial charge is 0.480 e. The fourth-order valence-electron chi connectivity index (χ4n) is 2.62. The number of nitrogens with one attached hydrogen (secondary N) is 3. The second-order valence-corrected chi connectivity index (χ2v) is 7.39. The van der Waals surface area contributed by atoms with Gasteiger partial charge in [0.05, 0.1) is 12.6 Å². The molecule has 4 atom stereocenters. The number of amides is 3. The van der Waals surface area contributed by atoms with Crippen molar-refractivity contribution >= 4 is 36.3 Å². The summed E-state index contributed by atoms with van der Waals surface area (Å²) in [5, 5.41) is 16.9. The van der Waals surface area contributed by atoms with Gasteiger partial charge in [0.25, 0.3) is 0 Å². The van der Waals surface area contributed by atoms with Crippen LogP contribution in [0, 0.1) is 5.92 Å². The highest BCUT2D eigenvalue weighted by Gasteiger charge is 2.30. The highest BCUT2D eigenvalue weighted by molar-refractivity contribution is 7.80. The average Bonchev–Trinajstić information content (AvgIpc) is 2.74. The van der Waals surface area contributed by atoms with Crippen molar-refractivity contribution in [1.29, 1.82) is 0 Å². The summed E-state index contributed by atoms with van der Waals surface area (Å²) in [6.07, 6.45) is 0.687. The molecule has 10 heteroatoms. The molecule has 30 heavy (non-hydrogen) atoms. The predicted molar refractivity (Wildman–Crippen MR) is 116 cm³/mol. The van der Waals surface area contributed by atoms with Crippen molar-refractivity contribution in [3.8, 4) is 0 Å². The first-order valence-electron chi connectivity index (χ1n) is 9.70. The molecule has 3 amide bonds. The van der Waals surface area contributed by atoms with Crippen molar-refractivity contribution in [3.05, 3.63) is 35.9 Å². The zero-order chi connectivity index (χ0) is 22.7. The molecule has 0 spiro atoms. The molecule has 0 saturated heterocycles. The lowest BCUT2D eigenvalue weighted by Gasteiger charge is -2.25. The van der Waals surface area contributed by atoms with Crippen LogP contribution >= 0.6 is 12.6 Å². The molecule has 1 rings (SSSR count). The number of carboxylic acids is 1. The molecule has 0 aromatic heterocycles. The summed E-state index contributed by atoms with van der Waals surface area (Å²) in [6, 6.07) is 5.99. The van der Waals surface area contributed by atoms with Gasteiger partial charge in [-0.15, -0.1) is 0 Å². The van der Waals surface area contributed by atoms with Crippen molar-refractivity contribution in [2.45, 2.75) is 44.8 Å². The van der Waals surface area contributed by atoms with Crippen molar-refractivity contribution in [1.82, 2.24) is 16.0 Å². The fraction of sp³-hybridized carbons (Fsp3) is 0.500. The lowest BCUT2D eigenvalue weighted by atomic mass is 9.97. The Labute approximate surface area is 181 Å². The van der Waals surface area contributed by atoms with Crippen LogP contribution in [0.25, 0.3) is 0 Å². The Hall–Kier alpha value is -2.59. The first-order valence-corrected chi connectivity index (χ1v) is 10.3. The van der Waals surface area contributed by atoms with Gasteiger partial charge in [-0.05, 0) is 11.5 Å². The van der Waals surface area contributed by atoms with E-state index in [1.807, 2.05) is 13.0 Å². The van der Waals surface area contributed by atoms with E-state index in [-0.39, 0.29) is 24.6 Å². The van der Waals surface area contributed by atoms with Gasteiger partial charge in [-0.2, -0.15) is 12.6 Å². The Bertz CT molecular complexity index is 731. The molecule has 0 aliphatic carbocycles. The van der Waals surface area contributed by atoms with Crippen LogP contribution in [-0.4, -0.2) is 59.2 Å². The smallest absolute Gasteiger partial charge is 0.326 e. The highest BCUT2D eigenvalue weighted by atomic mass is 32.1. The third-order valence-electron chi connectivity index (χ3n) is 4.67. The predicted octanol–water partition coefficient (Wildman–Crippen LogP) is -0.297. The Kier molecular flexibility index (Phi) is 10.9. The summed E-state index contributed by atoms with van der Waals surface area (Å²) < 4.78 is 0. The van der Waals surface area contributed by atoms with E-state index in [2.05, 4.69) is 28.6 Å². The third-order valence-corrected chi connectivity index (χ3v) is 5.06. The molecule has 0 fully saturated rings. The van der Waals surface area contributed by atoms with Crippen LogP contribution in [-0.2, 0) is 25.6 Å². The fourth-order valence-corrected chi connectivity index (χ4v) is 2.78. The quantitative estimate of drug-likeness (QED) is 0.247. The maximum absolute atomic E-state index is 12.8. The second kappa shape index (κ2) is 12.9. The highest BCUT2D eigenvalue weighted by Crippen LogP contribution is 2.10. The number of hydrogen-bond acceptors (Lipinski definition) is 6. The van der Waals surface area contributed by atoms with Gasteiger partial charge < -0.3 is 26.8 Å². The van der Waals surface area contributed by atoms with E-state index in [0.717, 1.165) is 5.56 Å². The van der Waals surface area contributed by atoms with Gasteiger partial charge in [0.2, 0.25) is 17.7 Å². The minimum atomic E-state index is -1.17. The first-order chi connectivity index (χ1) is 14.2. The summed E-state index contributed by atoms with van der Waals surface area (Å²) in [5.41, 5.74) is 6.29. The zero-order valence-electron chi connectivity index (χ0n) is 17.1. The Morgan fingerprint density at radius 2 is 1.73 bits per heavy atom. The number of benzene rings is 1. The van der Waals surface area contributed by atoms with Crippen molar-refractivity contribution in [3.63, 3.8) is 0 Å². The van der Waals surface area contributed by atoms with Gasteiger partial charge in [-0.1, -0.05) is 50.6 Å². The van der Waals surface area contributed by atoms with Crippen LogP contribution in [0.5, 0.6) is 0 Å². The summed E-state index contributed by atoms with van der Waals surface area (Å²) in [4.78, 5) is 48.3. The molecule has 0 saturated carbocycles. The topological polar surface area (TPSA) is 151 Å². The van der Waals surface area contributed by atoms with Crippen LogP contribution in [0.15, 0.2) is 30.3 Å². The lowest BCUT2D eigenvalue weighted by molar-refractivity contribution is -0.142. The molecule has 6 N–H and O–H groups in total. The van der Waals surface area contributed by atoms with Gasteiger partial charge in [-0.25, -0.2) is 4.79 Å². The van der Waals surface area contributed by atoms with Crippen LogP contribution in [0.3, 0.4) is 0 Å². The van der Waals surface area contributed by atoms with E-state index in [9.17, 15) is 24.3 Å². The lowest BCUT2D eigenvalue weighted by Crippen LogP contribution is -2.56. The number of thiol groups is 1. The number of carbonyl (C=O) groups excluding carboxylic acids is 3. The Morgan fingerprint density at radius 3 is 2.27 bits per heavy atom. The summed E-state index contributed by atoms with van der Waals surface area (Å²) in [6.45, 7) is 3.27. The Morgan fingerprint density at radius 1 is 1.10 bits per heavy atom. The normalized spacial score (nSPS) is 14.7. The van der Waals surface area contributed by atoms with Gasteiger partial charge in [0, 0.05) is 12.2 Å². The summed E-state index contributed by atoms with van der Waals surface area (Å²) >= 11 is 3.92. The molecule has 0 radical (unpaired) electrons. The standard InChI is InChI=1S/C20H30N4O5S/c1-3-12(2)17(24-16(25)10-22-18(26)14(21)11-30)19(27)23-15(20(28)29)9-13-7-5-4-6-8-13/h4-8,12,14-15,17,30H,3,9-11,21H2,1-2H3,(H,22,26)(H,23,27)(H,24,25)(H,28,29). The van der Waals surface area contributed by atoms with Crippen LogP contribution in [0.4, 0.5) is 0 Å². The Balaban J connectivity index is 2.78. The summed E-state index contributed by atoms with van der Waals surface area (Å²) in [7, 11) is 0. The van der Waals surface area contributed by atoms with Gasteiger partial charge in [-0.3, -0.25) is 14.4 Å². The van der Waals surface area contributed by atoms with E-state index in [0.29, 0.717) is 6.42 Å². The molecule has 166 valence electrons. The monoisotopic (exact) mass is 438 g/mol. The van der Waals surface area contributed by atoms with Crippen molar-refractivity contribution in [2.75, 3.05) is 12.3 Å². The van der Waals surface area contributed by atoms with Crippen LogP contribution < -0.4 is 21.7 Å². The van der Waals surface area contributed by atoms with E-state index in [1.54, 1.807) is 31.2 Å². The zero-order valence-corrected chi connectivity index (χ0v) is 18.0. The number of nitrogens with two attached hydrogens (primary N) is 1. The molecular weight excluding hydrogens is 408 g/mol. The average molecular weight is 439 g/mol. The van der Waals surface area contributed by atoms with E-state index in [1.165, 1.54) is 0 Å². The number of carbonyl (C=O) groups is 4. The molecule has 0 heterocycles. The molecule has 9 nitrogen and oxygen atoms in total. The molecular formula is C20H30N4O5S. The van der Waals surface area contributed by atoms with Gasteiger partial charge in [0.1, 0.15) is 12.1 Å². The van der Waals surface area contributed by atoms with Gasteiger partial charge >= 0.3 is 5.97 Å². The van der Waals surface area contributed by atoms with Crippen LogP contribution in [0.1, 0.15) is 25.8 Å². The van der Waals surface area contributed by atoms with E-state index in [4.69, 9.17) is 5.73 Å². The first kappa shape index (κ1) is 25.4. The molecule has 1 aromatic rings. The van der Waals surface area contributed by atoms with Gasteiger partial charge in [0.15, 0.2) is 0 Å². The summed E-state index contributed by atoms with van der Waals surface area (Å²) in [5.74, 6) is -3.00. The van der Waals surface area contributed by atoms with Crippen LogP contribution in [0.2, 0.25) is 0 Å². The number of carboxylic acid groups (broad SMARTS) is 1. The maximum Gasteiger partial charge on any atom is 0.326 e. The number of aliphatic carboxylic acids is 1. The molecule has 0 aliphatic heterocycles. The minimum Gasteiger partial charge on any atom is -0.480 e. The van der Waals surface area contributed by atoms with E-state index < -0.39 is 41.8 Å². The third kappa shape index (κ3) is 8.42. The number of hydrogen-bond donors (Lipinski definition) is 6. The molecule has 1 aromatic carbocycles. The van der Waals surface area contributed by atoms with Crippen molar-refractivity contribution < 1.29 is 24.3 Å². The molecule has 0 bridgehead atoms. The maximum atomic E-state index is 12.8. The SMILES string of the molecule is CCC(C)C(NC(=O)CNC(=O)C(N)CS)C(=O)NC(Cc1ccccc1)C(=O)O. The van der Waals surface area contributed by atoms with Crippen molar-refractivity contribution in [2.24, 2.45) is 11.7 Å². The molecule has 0 aliphatic rings. The van der Waals surface area contributed by atoms with E-state index >= 15 is 0 Å². The second-order valence-electron chi connectivity index (χ2n) is 7.03. The minimum absolute atomic E-state index is 0.112. The molecule has 4 unspecified atom stereocenters.